The van der Waals surface area contributed by atoms with Crippen LogP contribution in [0.2, 0.25) is 0 Å². The van der Waals surface area contributed by atoms with Crippen LogP contribution >= 0.6 is 0 Å². The van der Waals surface area contributed by atoms with Gasteiger partial charge in [0.15, 0.2) is 0 Å². The first-order chi connectivity index (χ1) is 7.78. The second-order valence-corrected chi connectivity index (χ2v) is 3.53. The van der Waals surface area contributed by atoms with Gasteiger partial charge in [0.1, 0.15) is 5.82 Å². The first kappa shape index (κ1) is 10.6. The fourth-order valence-electron chi connectivity index (χ4n) is 1.42. The van der Waals surface area contributed by atoms with E-state index in [2.05, 4.69) is 5.32 Å². The van der Waals surface area contributed by atoms with Crippen molar-refractivity contribution in [2.75, 3.05) is 5.32 Å². The van der Waals surface area contributed by atoms with E-state index < -0.39 is 0 Å². The standard InChI is InChI=1S/C13H13FN2/c14-11-3-7-13(8-4-11)16-12-5-1-10(9-15)2-6-12/h1-8,16H,9,15H2. The van der Waals surface area contributed by atoms with Crippen LogP contribution in [0, 0.1) is 5.82 Å². The Balaban J connectivity index is 2.11. The molecular formula is C13H13FN2. The molecule has 16 heavy (non-hydrogen) atoms. The lowest BCUT2D eigenvalue weighted by atomic mass is 10.2. The molecule has 0 atom stereocenters. The molecule has 0 saturated carbocycles. The van der Waals surface area contributed by atoms with Crippen molar-refractivity contribution in [3.8, 4) is 0 Å². The molecule has 2 aromatic carbocycles. The van der Waals surface area contributed by atoms with Crippen LogP contribution in [-0.2, 0) is 6.54 Å². The van der Waals surface area contributed by atoms with Gasteiger partial charge >= 0.3 is 0 Å². The molecule has 82 valence electrons. The molecule has 0 bridgehead atoms. The van der Waals surface area contributed by atoms with E-state index in [1.807, 2.05) is 24.3 Å². The van der Waals surface area contributed by atoms with Gasteiger partial charge in [0.25, 0.3) is 0 Å². The average Bonchev–Trinajstić information content (AvgIpc) is 2.33. The summed E-state index contributed by atoms with van der Waals surface area (Å²) in [6.45, 7) is 0.539. The van der Waals surface area contributed by atoms with Crippen molar-refractivity contribution in [2.24, 2.45) is 5.73 Å². The molecule has 0 aliphatic rings. The lowest BCUT2D eigenvalue weighted by Gasteiger charge is -2.06. The Morgan fingerprint density at radius 3 is 1.88 bits per heavy atom. The fourth-order valence-corrected chi connectivity index (χ4v) is 1.42. The summed E-state index contributed by atoms with van der Waals surface area (Å²) >= 11 is 0. The van der Waals surface area contributed by atoms with Crippen molar-refractivity contribution < 1.29 is 4.39 Å². The summed E-state index contributed by atoms with van der Waals surface area (Å²) in [7, 11) is 0. The molecule has 0 saturated heterocycles. The Kier molecular flexibility index (Phi) is 3.17. The number of halogens is 1. The highest BCUT2D eigenvalue weighted by atomic mass is 19.1. The quantitative estimate of drug-likeness (QED) is 0.827. The van der Waals surface area contributed by atoms with Gasteiger partial charge in [-0.1, -0.05) is 12.1 Å². The Bertz CT molecular complexity index is 448. The molecule has 0 spiro atoms. The minimum atomic E-state index is -0.232. The minimum Gasteiger partial charge on any atom is -0.356 e. The normalized spacial score (nSPS) is 10.1. The van der Waals surface area contributed by atoms with Gasteiger partial charge in [-0.05, 0) is 42.0 Å². The van der Waals surface area contributed by atoms with Crippen LogP contribution in [0.3, 0.4) is 0 Å². The number of hydrogen-bond acceptors (Lipinski definition) is 2. The molecule has 3 N–H and O–H groups in total. The molecule has 2 rings (SSSR count). The second kappa shape index (κ2) is 4.77. The molecule has 0 radical (unpaired) electrons. The third-order valence-electron chi connectivity index (χ3n) is 2.32. The van der Waals surface area contributed by atoms with Gasteiger partial charge in [-0.15, -0.1) is 0 Å². The van der Waals surface area contributed by atoms with E-state index >= 15 is 0 Å². The number of nitrogens with two attached hydrogens (primary N) is 1. The molecule has 0 aliphatic carbocycles. The van der Waals surface area contributed by atoms with E-state index in [0.29, 0.717) is 6.54 Å². The van der Waals surface area contributed by atoms with E-state index in [4.69, 9.17) is 5.73 Å². The van der Waals surface area contributed by atoms with E-state index in [9.17, 15) is 4.39 Å². The van der Waals surface area contributed by atoms with Crippen LogP contribution in [0.1, 0.15) is 5.56 Å². The summed E-state index contributed by atoms with van der Waals surface area (Å²) < 4.78 is 12.7. The van der Waals surface area contributed by atoms with Crippen LogP contribution in [0.25, 0.3) is 0 Å². The maximum Gasteiger partial charge on any atom is 0.123 e. The van der Waals surface area contributed by atoms with Crippen LogP contribution in [0.15, 0.2) is 48.5 Å². The number of hydrogen-bond donors (Lipinski definition) is 2. The van der Waals surface area contributed by atoms with Crippen LogP contribution in [0.4, 0.5) is 15.8 Å². The first-order valence-electron chi connectivity index (χ1n) is 5.09. The van der Waals surface area contributed by atoms with Gasteiger partial charge in [0.05, 0.1) is 0 Å². The molecule has 0 aromatic heterocycles. The smallest absolute Gasteiger partial charge is 0.123 e. The van der Waals surface area contributed by atoms with Crippen molar-refractivity contribution in [1.29, 1.82) is 0 Å². The van der Waals surface area contributed by atoms with Gasteiger partial charge < -0.3 is 11.1 Å². The lowest BCUT2D eigenvalue weighted by Crippen LogP contribution is -1.96. The fraction of sp³-hybridized carbons (Fsp3) is 0.0769. The summed E-state index contributed by atoms with van der Waals surface area (Å²) in [4.78, 5) is 0. The molecule has 3 heteroatoms. The Morgan fingerprint density at radius 2 is 1.38 bits per heavy atom. The summed E-state index contributed by atoms with van der Waals surface area (Å²) in [5, 5.41) is 3.17. The van der Waals surface area contributed by atoms with E-state index in [1.54, 1.807) is 12.1 Å². The van der Waals surface area contributed by atoms with Crippen LogP contribution in [0.5, 0.6) is 0 Å². The number of nitrogens with one attached hydrogen (secondary N) is 1. The Morgan fingerprint density at radius 1 is 0.875 bits per heavy atom. The monoisotopic (exact) mass is 216 g/mol. The lowest BCUT2D eigenvalue weighted by molar-refractivity contribution is 0.628. The largest absolute Gasteiger partial charge is 0.356 e. The number of anilines is 2. The highest BCUT2D eigenvalue weighted by molar-refractivity contribution is 5.59. The van der Waals surface area contributed by atoms with Gasteiger partial charge in [-0.2, -0.15) is 0 Å². The Hall–Kier alpha value is -1.87. The third kappa shape index (κ3) is 2.58. The average molecular weight is 216 g/mol. The molecular weight excluding hydrogens is 203 g/mol. The van der Waals surface area contributed by atoms with E-state index in [-0.39, 0.29) is 5.82 Å². The zero-order valence-corrected chi connectivity index (χ0v) is 8.78. The highest BCUT2D eigenvalue weighted by Gasteiger charge is 1.95. The van der Waals surface area contributed by atoms with Gasteiger partial charge in [-0.25, -0.2) is 4.39 Å². The van der Waals surface area contributed by atoms with Gasteiger partial charge in [0, 0.05) is 17.9 Å². The summed E-state index contributed by atoms with van der Waals surface area (Å²) in [6, 6.07) is 14.1. The molecule has 0 heterocycles. The molecule has 0 fully saturated rings. The predicted octanol–water partition coefficient (Wildman–Crippen LogP) is 3.03. The number of rotatable bonds is 3. The number of benzene rings is 2. The Labute approximate surface area is 93.9 Å². The molecule has 0 amide bonds. The maximum atomic E-state index is 12.7. The van der Waals surface area contributed by atoms with E-state index in [1.165, 1.54) is 12.1 Å². The third-order valence-corrected chi connectivity index (χ3v) is 2.32. The summed E-state index contributed by atoms with van der Waals surface area (Å²) in [5.74, 6) is -0.232. The molecule has 2 aromatic rings. The van der Waals surface area contributed by atoms with Crippen LogP contribution < -0.4 is 11.1 Å². The zero-order valence-electron chi connectivity index (χ0n) is 8.78. The van der Waals surface area contributed by atoms with Crippen molar-refractivity contribution in [3.63, 3.8) is 0 Å². The van der Waals surface area contributed by atoms with Crippen molar-refractivity contribution in [2.45, 2.75) is 6.54 Å². The van der Waals surface area contributed by atoms with Gasteiger partial charge in [-0.3, -0.25) is 0 Å². The summed E-state index contributed by atoms with van der Waals surface area (Å²) in [5.41, 5.74) is 8.42. The second-order valence-electron chi connectivity index (χ2n) is 3.53. The summed E-state index contributed by atoms with van der Waals surface area (Å²) in [6.07, 6.45) is 0. The zero-order chi connectivity index (χ0) is 11.4. The maximum absolute atomic E-state index is 12.7. The van der Waals surface area contributed by atoms with Gasteiger partial charge in [0.2, 0.25) is 0 Å². The topological polar surface area (TPSA) is 38.0 Å². The molecule has 2 nitrogen and oxygen atoms in total. The van der Waals surface area contributed by atoms with E-state index in [0.717, 1.165) is 16.9 Å². The van der Waals surface area contributed by atoms with Crippen molar-refractivity contribution in [1.82, 2.24) is 0 Å². The first-order valence-corrected chi connectivity index (χ1v) is 5.09. The minimum absolute atomic E-state index is 0.232. The van der Waals surface area contributed by atoms with Crippen LogP contribution in [-0.4, -0.2) is 0 Å². The highest BCUT2D eigenvalue weighted by Crippen LogP contribution is 2.17. The van der Waals surface area contributed by atoms with Crippen molar-refractivity contribution >= 4 is 11.4 Å². The predicted molar refractivity (Wildman–Crippen MR) is 64.0 cm³/mol. The van der Waals surface area contributed by atoms with Crippen molar-refractivity contribution in [3.05, 3.63) is 59.9 Å². The molecule has 0 aliphatic heterocycles. The molecule has 0 unspecified atom stereocenters. The SMILES string of the molecule is NCc1ccc(Nc2ccc(F)cc2)cc1.